The smallest absolute Gasteiger partial charge is 0.339 e. The SMILES string of the molecule is COC(=O)c1ccccc1NC(=O)[C@@H](Br)[C@@H](Br)C(=O)O. The van der Waals surface area contributed by atoms with Gasteiger partial charge in [-0.15, -0.1) is 0 Å². The highest BCUT2D eigenvalue weighted by Gasteiger charge is 2.29. The fourth-order valence-corrected chi connectivity index (χ4v) is 1.92. The van der Waals surface area contributed by atoms with Crippen molar-refractivity contribution in [2.45, 2.75) is 9.65 Å². The van der Waals surface area contributed by atoms with E-state index in [2.05, 4.69) is 41.9 Å². The van der Waals surface area contributed by atoms with Crippen molar-refractivity contribution in [2.75, 3.05) is 12.4 Å². The fraction of sp³-hybridized carbons (Fsp3) is 0.250. The number of nitrogens with one attached hydrogen (secondary N) is 1. The number of carbonyl (C=O) groups is 3. The number of esters is 1. The topological polar surface area (TPSA) is 92.7 Å². The molecule has 0 heterocycles. The van der Waals surface area contributed by atoms with Crippen LogP contribution in [0.3, 0.4) is 0 Å². The molecule has 2 N–H and O–H groups in total. The highest BCUT2D eigenvalue weighted by atomic mass is 79.9. The van der Waals surface area contributed by atoms with Gasteiger partial charge in [0.2, 0.25) is 5.91 Å². The summed E-state index contributed by atoms with van der Waals surface area (Å²) in [5.41, 5.74) is 0.434. The molecule has 1 aromatic carbocycles. The highest BCUT2D eigenvalue weighted by molar-refractivity contribution is 9.12. The predicted octanol–water partition coefficient (Wildman–Crippen LogP) is 2.02. The summed E-state index contributed by atoms with van der Waals surface area (Å²) in [4.78, 5) is 32.2. The van der Waals surface area contributed by atoms with Crippen LogP contribution < -0.4 is 5.32 Å². The normalized spacial score (nSPS) is 13.2. The Hall–Kier alpha value is -1.41. The molecule has 6 nitrogen and oxygen atoms in total. The summed E-state index contributed by atoms with van der Waals surface area (Å²) in [7, 11) is 1.23. The van der Waals surface area contributed by atoms with Crippen molar-refractivity contribution in [1.82, 2.24) is 0 Å². The summed E-state index contributed by atoms with van der Waals surface area (Å²) >= 11 is 5.87. The van der Waals surface area contributed by atoms with E-state index in [4.69, 9.17) is 5.11 Å². The Bertz CT molecular complexity index is 534. The molecule has 2 atom stereocenters. The molecule has 0 fully saturated rings. The van der Waals surface area contributed by atoms with Gasteiger partial charge < -0.3 is 15.2 Å². The standard InChI is InChI=1S/C12H11Br2NO5/c1-20-12(19)6-4-2-3-5-7(6)15-10(16)8(13)9(14)11(17)18/h2-5,8-9H,1H3,(H,15,16)(H,17,18)/t8-,9+/m0/s1. The molecule has 0 aliphatic carbocycles. The summed E-state index contributed by atoms with van der Waals surface area (Å²) in [6.07, 6.45) is 0. The van der Waals surface area contributed by atoms with E-state index in [1.54, 1.807) is 12.1 Å². The molecule has 0 saturated heterocycles. The molecule has 0 bridgehead atoms. The third-order valence-electron chi connectivity index (χ3n) is 2.33. The second-order valence-corrected chi connectivity index (χ2v) is 5.64. The van der Waals surface area contributed by atoms with E-state index in [-0.39, 0.29) is 11.3 Å². The van der Waals surface area contributed by atoms with Gasteiger partial charge in [-0.3, -0.25) is 9.59 Å². The lowest BCUT2D eigenvalue weighted by Crippen LogP contribution is -2.35. The van der Waals surface area contributed by atoms with Crippen LogP contribution in [0.25, 0.3) is 0 Å². The number of benzene rings is 1. The zero-order chi connectivity index (χ0) is 15.3. The number of hydrogen-bond acceptors (Lipinski definition) is 4. The number of ether oxygens (including phenoxy) is 1. The van der Waals surface area contributed by atoms with Gasteiger partial charge in [0.1, 0.15) is 9.65 Å². The Morgan fingerprint density at radius 1 is 1.20 bits per heavy atom. The maximum Gasteiger partial charge on any atom is 0.339 e. The lowest BCUT2D eigenvalue weighted by Gasteiger charge is -2.14. The van der Waals surface area contributed by atoms with E-state index in [9.17, 15) is 14.4 Å². The van der Waals surface area contributed by atoms with Crippen LogP contribution in [0.4, 0.5) is 5.69 Å². The minimum Gasteiger partial charge on any atom is -0.480 e. The summed E-state index contributed by atoms with van der Waals surface area (Å²) in [6, 6.07) is 6.27. The number of carboxylic acid groups (broad SMARTS) is 1. The summed E-state index contributed by atoms with van der Waals surface area (Å²) in [5, 5.41) is 11.3. The molecule has 1 rings (SSSR count). The Kier molecular flexibility index (Phi) is 6.15. The van der Waals surface area contributed by atoms with Crippen molar-refractivity contribution in [3.63, 3.8) is 0 Å². The Balaban J connectivity index is 2.91. The van der Waals surface area contributed by atoms with Gasteiger partial charge >= 0.3 is 11.9 Å². The average molecular weight is 409 g/mol. The van der Waals surface area contributed by atoms with E-state index < -0.39 is 27.5 Å². The quantitative estimate of drug-likeness (QED) is 0.574. The first kappa shape index (κ1) is 16.6. The van der Waals surface area contributed by atoms with E-state index in [1.165, 1.54) is 19.2 Å². The molecule has 1 aromatic rings. The number of halogens is 2. The third-order valence-corrected chi connectivity index (χ3v) is 4.91. The molecule has 0 radical (unpaired) electrons. The molecule has 0 saturated carbocycles. The van der Waals surface area contributed by atoms with Crippen LogP contribution in [0.5, 0.6) is 0 Å². The first-order valence-corrected chi connectivity index (χ1v) is 7.20. The number of carbonyl (C=O) groups excluding carboxylic acids is 2. The van der Waals surface area contributed by atoms with Crippen LogP contribution >= 0.6 is 31.9 Å². The molecule has 0 aliphatic heterocycles. The van der Waals surface area contributed by atoms with E-state index in [0.717, 1.165) is 0 Å². The summed E-state index contributed by atoms with van der Waals surface area (Å²) < 4.78 is 4.60. The molecule has 0 unspecified atom stereocenters. The van der Waals surface area contributed by atoms with Crippen LogP contribution in [0.2, 0.25) is 0 Å². The average Bonchev–Trinajstić information content (AvgIpc) is 2.45. The fourth-order valence-electron chi connectivity index (χ4n) is 1.34. The van der Waals surface area contributed by atoms with Crippen molar-refractivity contribution >= 4 is 55.4 Å². The van der Waals surface area contributed by atoms with Gasteiger partial charge in [0.05, 0.1) is 18.4 Å². The van der Waals surface area contributed by atoms with Gasteiger partial charge in [-0.1, -0.05) is 44.0 Å². The molecule has 20 heavy (non-hydrogen) atoms. The van der Waals surface area contributed by atoms with Gasteiger partial charge in [-0.05, 0) is 12.1 Å². The van der Waals surface area contributed by atoms with Crippen LogP contribution in [0.1, 0.15) is 10.4 Å². The molecule has 0 aromatic heterocycles. The summed E-state index contributed by atoms with van der Waals surface area (Å²) in [6.45, 7) is 0. The Morgan fingerprint density at radius 2 is 1.80 bits per heavy atom. The monoisotopic (exact) mass is 407 g/mol. The number of aliphatic carboxylic acids is 1. The van der Waals surface area contributed by atoms with Gasteiger partial charge in [0, 0.05) is 0 Å². The van der Waals surface area contributed by atoms with Crippen molar-refractivity contribution in [3.05, 3.63) is 29.8 Å². The zero-order valence-electron chi connectivity index (χ0n) is 10.3. The lowest BCUT2D eigenvalue weighted by molar-refractivity contribution is -0.137. The first-order valence-electron chi connectivity index (χ1n) is 5.37. The zero-order valence-corrected chi connectivity index (χ0v) is 13.5. The highest BCUT2D eigenvalue weighted by Crippen LogP contribution is 2.20. The maximum absolute atomic E-state index is 11.9. The van der Waals surface area contributed by atoms with Gasteiger partial charge in [0.25, 0.3) is 0 Å². The number of hydrogen-bond donors (Lipinski definition) is 2. The van der Waals surface area contributed by atoms with Crippen LogP contribution in [0, 0.1) is 0 Å². The van der Waals surface area contributed by atoms with Crippen molar-refractivity contribution in [3.8, 4) is 0 Å². The molecular weight excluding hydrogens is 398 g/mol. The van der Waals surface area contributed by atoms with Crippen LogP contribution in [-0.4, -0.2) is 39.7 Å². The number of rotatable bonds is 5. The number of anilines is 1. The largest absolute Gasteiger partial charge is 0.480 e. The van der Waals surface area contributed by atoms with Crippen LogP contribution in [0.15, 0.2) is 24.3 Å². The minimum atomic E-state index is -1.18. The number of carboxylic acids is 1. The maximum atomic E-state index is 11.9. The number of methoxy groups -OCH3 is 1. The van der Waals surface area contributed by atoms with Gasteiger partial charge in [-0.2, -0.15) is 0 Å². The second-order valence-electron chi connectivity index (χ2n) is 3.67. The van der Waals surface area contributed by atoms with E-state index >= 15 is 0 Å². The van der Waals surface area contributed by atoms with Crippen molar-refractivity contribution < 1.29 is 24.2 Å². The summed E-state index contributed by atoms with van der Waals surface area (Å²) in [5.74, 6) is -2.37. The first-order chi connectivity index (χ1) is 9.38. The molecule has 8 heteroatoms. The third kappa shape index (κ3) is 4.04. The van der Waals surface area contributed by atoms with Crippen molar-refractivity contribution in [1.29, 1.82) is 0 Å². The molecular formula is C12H11Br2NO5. The predicted molar refractivity (Wildman–Crippen MR) is 79.5 cm³/mol. The lowest BCUT2D eigenvalue weighted by atomic mass is 10.1. The van der Waals surface area contributed by atoms with E-state index in [1.807, 2.05) is 0 Å². The molecule has 0 spiro atoms. The van der Waals surface area contributed by atoms with Crippen LogP contribution in [-0.2, 0) is 14.3 Å². The minimum absolute atomic E-state index is 0.185. The Labute approximate surface area is 131 Å². The molecule has 108 valence electrons. The van der Waals surface area contributed by atoms with Crippen molar-refractivity contribution in [2.24, 2.45) is 0 Å². The second kappa shape index (κ2) is 7.39. The number of alkyl halides is 2. The van der Waals surface area contributed by atoms with Gasteiger partial charge in [0.15, 0.2) is 0 Å². The molecule has 1 amide bonds. The number of para-hydroxylation sites is 1. The Morgan fingerprint density at radius 3 is 2.35 bits per heavy atom. The van der Waals surface area contributed by atoms with E-state index in [0.29, 0.717) is 0 Å². The number of amides is 1. The molecule has 0 aliphatic rings. The van der Waals surface area contributed by atoms with Gasteiger partial charge in [-0.25, -0.2) is 4.79 Å².